The summed E-state index contributed by atoms with van der Waals surface area (Å²) >= 11 is 0. The summed E-state index contributed by atoms with van der Waals surface area (Å²) in [5, 5.41) is 62.1. The number of carbonyl (C=O) groups is 4. The first-order chi connectivity index (χ1) is 35.5. The van der Waals surface area contributed by atoms with Crippen molar-refractivity contribution >= 4 is 51.3 Å². The summed E-state index contributed by atoms with van der Waals surface area (Å²) < 4.78 is 39.5. The number of aromatic hydroxyl groups is 3. The molecule has 1 saturated heterocycles. The summed E-state index contributed by atoms with van der Waals surface area (Å²) in [4.78, 5) is 66.9. The van der Waals surface area contributed by atoms with Crippen LogP contribution in [0.1, 0.15) is 122 Å². The van der Waals surface area contributed by atoms with Gasteiger partial charge >= 0.3 is 11.9 Å². The number of rotatable bonds is 22. The number of aromatic carboxylic acids is 1. The van der Waals surface area contributed by atoms with Gasteiger partial charge in [0.2, 0.25) is 5.78 Å². The Hall–Kier alpha value is -6.80. The molecule has 18 nitrogen and oxygen atoms in total. The van der Waals surface area contributed by atoms with E-state index in [1.807, 2.05) is 24.8 Å². The molecule has 0 unspecified atom stereocenters. The van der Waals surface area contributed by atoms with Crippen LogP contribution < -0.4 is 25.8 Å². The molecule has 7 N–H and O–H groups in total. The molecule has 0 radical (unpaired) electrons. The van der Waals surface area contributed by atoms with Gasteiger partial charge in [0.25, 0.3) is 17.3 Å². The third kappa shape index (κ3) is 11.1. The number of carbonyl (C=O) groups excluding carboxylic acids is 3. The van der Waals surface area contributed by atoms with Crippen LogP contribution in [0.25, 0.3) is 16.3 Å². The van der Waals surface area contributed by atoms with Gasteiger partial charge in [0.05, 0.1) is 46.2 Å². The van der Waals surface area contributed by atoms with Crippen molar-refractivity contribution in [1.82, 2.24) is 9.72 Å². The number of benzene rings is 2. The van der Waals surface area contributed by atoms with Crippen molar-refractivity contribution in [2.75, 3.05) is 44.1 Å². The molecule has 2 aromatic heterocycles. The van der Waals surface area contributed by atoms with Gasteiger partial charge in [-0.2, -0.15) is 0 Å². The number of pyridine rings is 2. The zero-order valence-electron chi connectivity index (χ0n) is 44.0. The minimum Gasteiger partial charge on any atom is -0.507 e. The molecular weight excluding hydrogens is 972 g/mol. The molecule has 19 heteroatoms. The van der Waals surface area contributed by atoms with E-state index in [0.29, 0.717) is 61.2 Å². The maximum absolute atomic E-state index is 16.1. The molecule has 1 amide bonds. The number of phenolic OH excluding ortho intramolecular Hbond substituents is 3. The topological polar surface area (TPSA) is 255 Å². The van der Waals surface area contributed by atoms with Gasteiger partial charge in [-0.1, -0.05) is 38.2 Å². The maximum Gasteiger partial charge on any atom is 0.341 e. The van der Waals surface area contributed by atoms with Gasteiger partial charge in [0.1, 0.15) is 28.9 Å². The fourth-order valence-electron chi connectivity index (χ4n) is 10.5. The molecule has 3 aliphatic rings. The third-order valence-electron chi connectivity index (χ3n) is 15.1. The number of carboxylic acids is 1. The average molecular weight is 1040 g/mol. The Morgan fingerprint density at radius 2 is 1.73 bits per heavy atom. The van der Waals surface area contributed by atoms with Crippen molar-refractivity contribution in [3.05, 3.63) is 98.3 Å². The molecule has 0 spiro atoms. The number of fused-ring (bicyclic) bond motifs is 4. The van der Waals surface area contributed by atoms with E-state index in [1.165, 1.54) is 41.1 Å². The van der Waals surface area contributed by atoms with Gasteiger partial charge in [-0.3, -0.25) is 23.6 Å². The molecule has 1 saturated carbocycles. The number of methoxy groups -OCH3 is 2. The number of hydrogen-bond donors (Lipinski definition) is 7. The minimum atomic E-state index is -1.81. The molecule has 0 bridgehead atoms. The number of aliphatic hydroxyl groups is 1. The molecule has 7 rings (SSSR count). The van der Waals surface area contributed by atoms with Gasteiger partial charge in [-0.05, 0) is 87.8 Å². The van der Waals surface area contributed by atoms with Crippen LogP contribution in [0.2, 0.25) is 0 Å². The van der Waals surface area contributed by atoms with E-state index in [1.54, 1.807) is 32.1 Å². The van der Waals surface area contributed by atoms with Gasteiger partial charge in [-0.25, -0.2) is 9.18 Å². The van der Waals surface area contributed by atoms with Gasteiger partial charge < -0.3 is 60.0 Å². The Bertz CT molecular complexity index is 3070. The van der Waals surface area contributed by atoms with E-state index in [4.69, 9.17) is 18.9 Å². The lowest BCUT2D eigenvalue weighted by Gasteiger charge is -2.29. The van der Waals surface area contributed by atoms with E-state index in [2.05, 4.69) is 17.2 Å². The van der Waals surface area contributed by atoms with E-state index in [9.17, 15) is 49.5 Å². The number of carboxylic acid groups (broad SMARTS) is 1. The molecule has 2 aliphatic heterocycles. The van der Waals surface area contributed by atoms with Crippen LogP contribution in [0.5, 0.6) is 23.0 Å². The number of halogens is 1. The monoisotopic (exact) mass is 1040 g/mol. The number of hydrogen-bond acceptors (Lipinski definition) is 15. The molecule has 75 heavy (non-hydrogen) atoms. The van der Waals surface area contributed by atoms with E-state index in [-0.39, 0.29) is 87.2 Å². The smallest absolute Gasteiger partial charge is 0.341 e. The normalized spacial score (nSPS) is 19.8. The number of allylic oxidation sites excluding steroid dienone is 3. The molecule has 404 valence electrons. The fraction of sp³-hybridized carbons (Fsp3) is 0.482. The summed E-state index contributed by atoms with van der Waals surface area (Å²) in [5.41, 5.74) is 0.728. The Morgan fingerprint density at radius 3 is 2.36 bits per heavy atom. The van der Waals surface area contributed by atoms with Gasteiger partial charge in [0, 0.05) is 88.7 Å². The second-order valence-electron chi connectivity index (χ2n) is 20.4. The number of amides is 1. The molecule has 1 aliphatic carbocycles. The predicted octanol–water partition coefficient (Wildman–Crippen LogP) is 7.83. The van der Waals surface area contributed by atoms with Crippen molar-refractivity contribution in [2.24, 2.45) is 17.8 Å². The molecule has 2 fully saturated rings. The number of nitrogens with zero attached hydrogens (tertiary/aromatic N) is 2. The van der Waals surface area contributed by atoms with Crippen molar-refractivity contribution in [3.63, 3.8) is 0 Å². The fourth-order valence-corrected chi connectivity index (χ4v) is 10.5. The summed E-state index contributed by atoms with van der Waals surface area (Å²) in [6.07, 6.45) is 9.47. The summed E-state index contributed by atoms with van der Waals surface area (Å²) in [6, 6.07) is 1.42. The second-order valence-corrected chi connectivity index (χ2v) is 20.4. The Morgan fingerprint density at radius 1 is 1.03 bits per heavy atom. The third-order valence-corrected chi connectivity index (χ3v) is 15.1. The number of aryl methyl sites for hydroxylation is 1. The number of esters is 1. The number of ether oxygens (including phenoxy) is 4. The van der Waals surface area contributed by atoms with Gasteiger partial charge in [-0.15, -0.1) is 6.58 Å². The highest BCUT2D eigenvalue weighted by atomic mass is 19.1. The van der Waals surface area contributed by atoms with E-state index >= 15 is 4.39 Å². The Balaban J connectivity index is 1.11. The zero-order valence-corrected chi connectivity index (χ0v) is 44.0. The van der Waals surface area contributed by atoms with E-state index < -0.39 is 75.8 Å². The number of nitrogens with one attached hydrogen (secondary N) is 2. The lowest BCUT2D eigenvalue weighted by Crippen LogP contribution is -2.38. The molecule has 4 aromatic rings. The number of Topliss-reactive ketones (excluding diaryl/α,β-unsaturated/α-hetero) is 1. The van der Waals surface area contributed by atoms with Crippen LogP contribution in [0, 0.1) is 37.4 Å². The predicted molar refractivity (Wildman–Crippen MR) is 280 cm³/mol. The number of phenols is 3. The molecule has 7 atom stereocenters. The molecular formula is C56H69FN4O14. The first kappa shape index (κ1) is 55.9. The lowest BCUT2D eigenvalue weighted by atomic mass is 9.91. The number of aromatic nitrogens is 1. The SMILES string of the molecule is C=C[C@H](OC)[C@@H](C)[C@H](C[C@H](O)CC[C@@H](C)/C=C/C=C(/C)C(=O)Nc1c(CNC[C@H]2CCN(c3c(F)cn4c(=O)c(C(=O)O)cc(C5CC5)c4c3C)C2)c(O)c2c3c(c(C)c(O)c2c1O)O[C@](C)(OC)C3=O)OC(C)=O. The number of aliphatic hydroxyl groups excluding tert-OH is 1. The zero-order chi connectivity index (χ0) is 55.0. The summed E-state index contributed by atoms with van der Waals surface area (Å²) in [7, 11) is 2.81. The Labute approximate surface area is 434 Å². The summed E-state index contributed by atoms with van der Waals surface area (Å²) in [6.45, 7) is 16.0. The maximum atomic E-state index is 16.1. The average Bonchev–Trinajstić information content (AvgIpc) is 4.05. The van der Waals surface area contributed by atoms with Crippen LogP contribution in [-0.2, 0) is 30.3 Å². The van der Waals surface area contributed by atoms with Crippen molar-refractivity contribution in [1.29, 1.82) is 0 Å². The minimum absolute atomic E-state index is 0.00855. The second kappa shape index (κ2) is 22.6. The van der Waals surface area contributed by atoms with Crippen molar-refractivity contribution in [3.8, 4) is 23.0 Å². The first-order valence-electron chi connectivity index (χ1n) is 25.3. The first-order valence-corrected chi connectivity index (χ1v) is 25.3. The number of ketones is 1. The van der Waals surface area contributed by atoms with Crippen LogP contribution in [0.15, 0.2) is 53.5 Å². The van der Waals surface area contributed by atoms with E-state index in [0.717, 1.165) is 23.4 Å². The highest BCUT2D eigenvalue weighted by Gasteiger charge is 2.48. The number of anilines is 2. The van der Waals surface area contributed by atoms with Crippen molar-refractivity contribution < 1.29 is 68.0 Å². The van der Waals surface area contributed by atoms with Crippen LogP contribution in [0.3, 0.4) is 0 Å². The standard InChI is InChI=1S/C56H69FN4O14/c1-11-40(72-9)29(4)41(74-32(7)62)21-35(63)18-15-27(2)13-12-14-28(3)53(68)59-45-38(49(65)42-43(50(45)66)48(64)31(6)51-44(42)52(67)56(8,73-10)75-51)24-58-23-33-19-20-60(25-33)47-30(5)46-36(34-16-17-34)22-37(55(70)71)54(69)61(46)26-39(47)57/h11-14,22,26-27,29,33-35,40-41,58,63-66H,1,15-21,23-25H2,2-10H3,(H,59,68)(H,70,71)/b13-12+,28-14-/t27-,29+,33+,35+,40-,41-,56-/m0/s1. The van der Waals surface area contributed by atoms with Crippen LogP contribution >= 0.6 is 0 Å². The lowest BCUT2D eigenvalue weighted by molar-refractivity contribution is -0.153. The van der Waals surface area contributed by atoms with Gasteiger partial charge in [0.15, 0.2) is 11.6 Å². The van der Waals surface area contributed by atoms with Crippen LogP contribution in [0.4, 0.5) is 15.8 Å². The summed E-state index contributed by atoms with van der Waals surface area (Å²) in [5.74, 6) is -7.66. The quantitative estimate of drug-likeness (QED) is 0.00988. The molecule has 4 heterocycles. The largest absolute Gasteiger partial charge is 0.507 e. The Kier molecular flexibility index (Phi) is 16.8. The van der Waals surface area contributed by atoms with Crippen LogP contribution in [-0.4, -0.2) is 112 Å². The highest BCUT2D eigenvalue weighted by molar-refractivity contribution is 6.22. The molecule has 2 aromatic carbocycles. The van der Waals surface area contributed by atoms with Crippen molar-refractivity contribution in [2.45, 2.75) is 124 Å². The highest BCUT2D eigenvalue weighted by Crippen LogP contribution is 2.55.